The molecule has 1 saturated carbocycles. The van der Waals surface area contributed by atoms with Crippen LogP contribution in [0.3, 0.4) is 0 Å². The number of aromatic nitrogens is 4. The molecule has 140 valence electrons. The fourth-order valence-corrected chi connectivity index (χ4v) is 3.81. The minimum Gasteiger partial charge on any atom is -0.493 e. The third kappa shape index (κ3) is 2.44. The summed E-state index contributed by atoms with van der Waals surface area (Å²) in [6.45, 7) is 0.562. The van der Waals surface area contributed by atoms with Crippen LogP contribution < -0.4 is 15.7 Å². The van der Waals surface area contributed by atoms with Crippen LogP contribution in [0.15, 0.2) is 23.1 Å². The number of aryl methyl sites for hydroxylation is 1. The average Bonchev–Trinajstić information content (AvgIpc) is 3.25. The van der Waals surface area contributed by atoms with Gasteiger partial charge in [0.15, 0.2) is 5.65 Å². The molecule has 0 spiro atoms. The maximum atomic E-state index is 12.7. The van der Waals surface area contributed by atoms with Gasteiger partial charge in [0.2, 0.25) is 5.95 Å². The Morgan fingerprint density at radius 2 is 2.22 bits per heavy atom. The summed E-state index contributed by atoms with van der Waals surface area (Å²) in [4.78, 5) is 21.6. The number of imidazole rings is 1. The molecule has 0 radical (unpaired) electrons. The first-order valence-electron chi connectivity index (χ1n) is 8.80. The highest BCUT2D eigenvalue weighted by molar-refractivity contribution is 6.33. The van der Waals surface area contributed by atoms with Gasteiger partial charge in [-0.25, -0.2) is 9.78 Å². The van der Waals surface area contributed by atoms with E-state index in [1.807, 2.05) is 6.07 Å². The SMILES string of the molecule is Cn1c(=O)n(C2(CO)CC2)c2nc(Nc3cc4c(cc3Cl)OCC4)ncc21. The number of nitrogens with zero attached hydrogens (tertiary/aromatic N) is 4. The smallest absolute Gasteiger partial charge is 0.330 e. The summed E-state index contributed by atoms with van der Waals surface area (Å²) in [5, 5.41) is 13.4. The van der Waals surface area contributed by atoms with E-state index in [0.717, 1.165) is 30.6 Å². The van der Waals surface area contributed by atoms with E-state index in [4.69, 9.17) is 16.3 Å². The van der Waals surface area contributed by atoms with E-state index in [-0.39, 0.29) is 12.3 Å². The number of halogens is 1. The lowest BCUT2D eigenvalue weighted by molar-refractivity contribution is 0.212. The summed E-state index contributed by atoms with van der Waals surface area (Å²) < 4.78 is 8.62. The van der Waals surface area contributed by atoms with Crippen LogP contribution in [0.2, 0.25) is 5.02 Å². The third-order valence-corrected chi connectivity index (χ3v) is 5.74. The number of fused-ring (bicyclic) bond motifs is 2. The number of anilines is 2. The number of aliphatic hydroxyl groups excluding tert-OH is 1. The van der Waals surface area contributed by atoms with Crippen molar-refractivity contribution >= 4 is 34.4 Å². The van der Waals surface area contributed by atoms with Crippen molar-refractivity contribution in [2.45, 2.75) is 24.8 Å². The van der Waals surface area contributed by atoms with Gasteiger partial charge in [0, 0.05) is 19.5 Å². The van der Waals surface area contributed by atoms with Crippen molar-refractivity contribution in [3.63, 3.8) is 0 Å². The molecule has 0 unspecified atom stereocenters. The molecular formula is C18H18ClN5O3. The molecule has 0 atom stereocenters. The maximum absolute atomic E-state index is 12.7. The Hall–Kier alpha value is -2.58. The molecule has 9 heteroatoms. The minimum absolute atomic E-state index is 0.0879. The first kappa shape index (κ1) is 16.6. The molecule has 1 fully saturated rings. The zero-order valence-corrected chi connectivity index (χ0v) is 15.5. The highest BCUT2D eigenvalue weighted by atomic mass is 35.5. The van der Waals surface area contributed by atoms with E-state index < -0.39 is 5.54 Å². The van der Waals surface area contributed by atoms with Crippen LogP contribution in [0.4, 0.5) is 11.6 Å². The molecule has 5 rings (SSSR count). The second-order valence-electron chi connectivity index (χ2n) is 7.13. The van der Waals surface area contributed by atoms with Crippen LogP contribution >= 0.6 is 11.6 Å². The zero-order valence-electron chi connectivity index (χ0n) is 14.7. The molecular weight excluding hydrogens is 370 g/mol. The number of rotatable bonds is 4. The van der Waals surface area contributed by atoms with Crippen molar-refractivity contribution in [2.24, 2.45) is 7.05 Å². The van der Waals surface area contributed by atoms with E-state index in [1.165, 1.54) is 4.57 Å². The van der Waals surface area contributed by atoms with Gasteiger partial charge in [-0.3, -0.25) is 9.13 Å². The van der Waals surface area contributed by atoms with E-state index >= 15 is 0 Å². The van der Waals surface area contributed by atoms with E-state index in [2.05, 4.69) is 15.3 Å². The maximum Gasteiger partial charge on any atom is 0.330 e. The van der Waals surface area contributed by atoms with Crippen molar-refractivity contribution < 1.29 is 9.84 Å². The Balaban J connectivity index is 1.60. The number of ether oxygens (including phenoxy) is 1. The standard InChI is InChI=1S/C18H18ClN5O3/c1-23-13-8-20-16(21-12-6-10-2-5-27-14(10)7-11(12)19)22-15(13)24(17(23)26)18(9-25)3-4-18/h6-8,25H,2-5,9H2,1H3,(H,20,21,22). The van der Waals surface area contributed by atoms with Gasteiger partial charge in [-0.2, -0.15) is 4.98 Å². The van der Waals surface area contributed by atoms with Crippen LogP contribution in [-0.4, -0.2) is 37.4 Å². The molecule has 8 nitrogen and oxygen atoms in total. The van der Waals surface area contributed by atoms with Crippen LogP contribution in [-0.2, 0) is 19.0 Å². The van der Waals surface area contributed by atoms with E-state index in [9.17, 15) is 9.90 Å². The quantitative estimate of drug-likeness (QED) is 0.710. The molecule has 1 aliphatic carbocycles. The molecule has 2 N–H and O–H groups in total. The number of aliphatic hydroxyl groups is 1. The number of nitrogens with one attached hydrogen (secondary N) is 1. The van der Waals surface area contributed by atoms with Crippen molar-refractivity contribution in [2.75, 3.05) is 18.5 Å². The van der Waals surface area contributed by atoms with Crippen LogP contribution in [0.25, 0.3) is 11.2 Å². The van der Waals surface area contributed by atoms with E-state index in [1.54, 1.807) is 23.9 Å². The molecule has 0 bridgehead atoms. The van der Waals surface area contributed by atoms with Crippen molar-refractivity contribution in [3.05, 3.63) is 39.4 Å². The van der Waals surface area contributed by atoms with Gasteiger partial charge < -0.3 is 15.2 Å². The highest BCUT2D eigenvalue weighted by Crippen LogP contribution is 2.43. The van der Waals surface area contributed by atoms with Gasteiger partial charge in [0.05, 0.1) is 35.7 Å². The predicted octanol–water partition coefficient (Wildman–Crippen LogP) is 1.94. The lowest BCUT2D eigenvalue weighted by Gasteiger charge is -2.14. The summed E-state index contributed by atoms with van der Waals surface area (Å²) in [5.41, 5.74) is 2.15. The van der Waals surface area contributed by atoms with Gasteiger partial charge >= 0.3 is 5.69 Å². The summed E-state index contributed by atoms with van der Waals surface area (Å²) >= 11 is 6.35. The van der Waals surface area contributed by atoms with Crippen LogP contribution in [0.5, 0.6) is 5.75 Å². The van der Waals surface area contributed by atoms with Crippen molar-refractivity contribution in [1.29, 1.82) is 0 Å². The summed E-state index contributed by atoms with van der Waals surface area (Å²) in [7, 11) is 1.68. The fraction of sp³-hybridized carbons (Fsp3) is 0.389. The van der Waals surface area contributed by atoms with Gasteiger partial charge in [-0.15, -0.1) is 0 Å². The molecule has 2 aromatic heterocycles. The second-order valence-corrected chi connectivity index (χ2v) is 7.53. The fourth-order valence-electron chi connectivity index (χ4n) is 3.61. The summed E-state index contributed by atoms with van der Waals surface area (Å²) in [6.07, 6.45) is 3.95. The molecule has 1 aliphatic heterocycles. The normalized spacial score (nSPS) is 17.0. The number of hydrogen-bond donors (Lipinski definition) is 2. The Bertz CT molecular complexity index is 1130. The molecule has 27 heavy (non-hydrogen) atoms. The van der Waals surface area contributed by atoms with Crippen molar-refractivity contribution in [1.82, 2.24) is 19.1 Å². The zero-order chi connectivity index (χ0) is 18.8. The molecule has 0 saturated heterocycles. The first-order chi connectivity index (χ1) is 13.0. The van der Waals surface area contributed by atoms with E-state index in [0.29, 0.717) is 34.4 Å². The first-order valence-corrected chi connectivity index (χ1v) is 9.18. The molecule has 1 aromatic carbocycles. The Morgan fingerprint density at radius 3 is 2.96 bits per heavy atom. The number of benzene rings is 1. The summed E-state index contributed by atoms with van der Waals surface area (Å²) in [5.74, 6) is 1.15. The molecule has 3 heterocycles. The Kier molecular flexibility index (Phi) is 3.50. The highest BCUT2D eigenvalue weighted by Gasteiger charge is 2.47. The Labute approximate surface area is 159 Å². The van der Waals surface area contributed by atoms with Gasteiger partial charge in [0.25, 0.3) is 0 Å². The second kappa shape index (κ2) is 5.71. The Morgan fingerprint density at radius 1 is 1.41 bits per heavy atom. The van der Waals surface area contributed by atoms with Crippen LogP contribution in [0, 0.1) is 0 Å². The average molecular weight is 388 g/mol. The molecule has 0 amide bonds. The predicted molar refractivity (Wildman–Crippen MR) is 101 cm³/mol. The monoisotopic (exact) mass is 387 g/mol. The summed E-state index contributed by atoms with van der Waals surface area (Å²) in [6, 6.07) is 3.72. The van der Waals surface area contributed by atoms with Gasteiger partial charge in [-0.1, -0.05) is 11.6 Å². The lowest BCUT2D eigenvalue weighted by Crippen LogP contribution is -2.33. The largest absolute Gasteiger partial charge is 0.493 e. The van der Waals surface area contributed by atoms with Gasteiger partial charge in [-0.05, 0) is 24.5 Å². The lowest BCUT2D eigenvalue weighted by atomic mass is 10.1. The van der Waals surface area contributed by atoms with Crippen molar-refractivity contribution in [3.8, 4) is 5.75 Å². The minimum atomic E-state index is -0.551. The molecule has 2 aliphatic rings. The van der Waals surface area contributed by atoms with Crippen LogP contribution in [0.1, 0.15) is 18.4 Å². The third-order valence-electron chi connectivity index (χ3n) is 5.42. The molecule has 3 aromatic rings. The number of hydrogen-bond acceptors (Lipinski definition) is 6. The van der Waals surface area contributed by atoms with Gasteiger partial charge in [0.1, 0.15) is 11.3 Å². The topological polar surface area (TPSA) is 94.2 Å².